The van der Waals surface area contributed by atoms with Gasteiger partial charge in [-0.05, 0) is 0 Å². The number of rotatable bonds is 6. The van der Waals surface area contributed by atoms with Crippen molar-refractivity contribution in [3.63, 3.8) is 0 Å². The van der Waals surface area contributed by atoms with E-state index in [1.54, 1.807) is 7.11 Å². The molecule has 0 fully saturated rings. The summed E-state index contributed by atoms with van der Waals surface area (Å²) in [5.41, 5.74) is 5.12. The SMILES string of the molecule is COCCOCNCN. The van der Waals surface area contributed by atoms with Crippen molar-refractivity contribution >= 4 is 0 Å². The van der Waals surface area contributed by atoms with Gasteiger partial charge in [-0.1, -0.05) is 0 Å². The van der Waals surface area contributed by atoms with E-state index in [0.29, 0.717) is 26.6 Å². The van der Waals surface area contributed by atoms with Crippen molar-refractivity contribution in [1.29, 1.82) is 0 Å². The van der Waals surface area contributed by atoms with Gasteiger partial charge in [0.15, 0.2) is 0 Å². The van der Waals surface area contributed by atoms with Gasteiger partial charge in [0, 0.05) is 13.8 Å². The number of hydrogen-bond acceptors (Lipinski definition) is 4. The first kappa shape index (κ1) is 8.84. The zero-order valence-electron chi connectivity index (χ0n) is 5.72. The molecule has 0 heterocycles. The molecule has 0 aliphatic carbocycles. The average Bonchev–Trinajstić information content (AvgIpc) is 1.89. The quantitative estimate of drug-likeness (QED) is 0.365. The molecular formula is C5H14N2O2. The maximum atomic E-state index is 5.12. The number of hydrogen-bond donors (Lipinski definition) is 2. The van der Waals surface area contributed by atoms with Crippen molar-refractivity contribution in [2.75, 3.05) is 33.7 Å². The first-order valence-corrected chi connectivity index (χ1v) is 2.89. The summed E-state index contributed by atoms with van der Waals surface area (Å²) in [6.45, 7) is 2.20. The lowest BCUT2D eigenvalue weighted by atomic mass is 10.8. The third-order valence-electron chi connectivity index (χ3n) is 0.780. The Hall–Kier alpha value is -0.160. The predicted octanol–water partition coefficient (Wildman–Crippen LogP) is -0.887. The van der Waals surface area contributed by atoms with Crippen LogP contribution in [0.1, 0.15) is 0 Å². The summed E-state index contributed by atoms with van der Waals surface area (Å²) in [4.78, 5) is 0. The van der Waals surface area contributed by atoms with E-state index in [2.05, 4.69) is 5.32 Å². The predicted molar refractivity (Wildman–Crippen MR) is 34.9 cm³/mol. The Kier molecular flexibility index (Phi) is 7.70. The molecule has 0 aromatic heterocycles. The van der Waals surface area contributed by atoms with E-state index >= 15 is 0 Å². The molecule has 0 unspecified atom stereocenters. The van der Waals surface area contributed by atoms with Gasteiger partial charge in [0.25, 0.3) is 0 Å². The van der Waals surface area contributed by atoms with Crippen LogP contribution in [0.5, 0.6) is 0 Å². The van der Waals surface area contributed by atoms with Crippen LogP contribution in [0.2, 0.25) is 0 Å². The molecule has 3 N–H and O–H groups in total. The van der Waals surface area contributed by atoms with E-state index < -0.39 is 0 Å². The molecule has 0 atom stereocenters. The molecule has 56 valence electrons. The zero-order valence-corrected chi connectivity index (χ0v) is 5.72. The van der Waals surface area contributed by atoms with Crippen LogP contribution in [-0.4, -0.2) is 33.7 Å². The number of ether oxygens (including phenoxy) is 2. The second-order valence-corrected chi connectivity index (χ2v) is 1.50. The van der Waals surface area contributed by atoms with Crippen molar-refractivity contribution in [1.82, 2.24) is 5.32 Å². The van der Waals surface area contributed by atoms with Crippen LogP contribution >= 0.6 is 0 Å². The minimum atomic E-state index is 0.451. The number of nitrogens with one attached hydrogen (secondary N) is 1. The van der Waals surface area contributed by atoms with Crippen LogP contribution in [0.25, 0.3) is 0 Å². The van der Waals surface area contributed by atoms with Crippen molar-refractivity contribution < 1.29 is 9.47 Å². The summed E-state index contributed by atoms with van der Waals surface area (Å²) in [6.07, 6.45) is 0. The summed E-state index contributed by atoms with van der Waals surface area (Å²) in [5, 5.41) is 2.81. The lowest BCUT2D eigenvalue weighted by molar-refractivity contribution is 0.0614. The third-order valence-corrected chi connectivity index (χ3v) is 0.780. The maximum absolute atomic E-state index is 5.12. The Morgan fingerprint density at radius 3 is 2.78 bits per heavy atom. The van der Waals surface area contributed by atoms with Gasteiger partial charge < -0.3 is 15.2 Å². The van der Waals surface area contributed by atoms with Crippen LogP contribution < -0.4 is 11.1 Å². The van der Waals surface area contributed by atoms with Gasteiger partial charge in [-0.25, -0.2) is 0 Å². The molecule has 0 aliphatic heterocycles. The molecular weight excluding hydrogens is 120 g/mol. The second-order valence-electron chi connectivity index (χ2n) is 1.50. The lowest BCUT2D eigenvalue weighted by Gasteiger charge is -2.01. The molecule has 4 heteroatoms. The Bertz CT molecular complexity index is 46.2. The molecule has 4 nitrogen and oxygen atoms in total. The monoisotopic (exact) mass is 134 g/mol. The molecule has 0 aliphatic rings. The van der Waals surface area contributed by atoms with Gasteiger partial charge in [0.1, 0.15) is 0 Å². The summed E-state index contributed by atoms with van der Waals surface area (Å²) < 4.78 is 9.74. The van der Waals surface area contributed by atoms with Crippen LogP contribution in [0.4, 0.5) is 0 Å². The largest absolute Gasteiger partial charge is 0.382 e. The first-order valence-electron chi connectivity index (χ1n) is 2.89. The molecule has 0 bridgehead atoms. The lowest BCUT2D eigenvalue weighted by Crippen LogP contribution is -2.25. The summed E-state index contributed by atoms with van der Waals surface area (Å²) in [7, 11) is 1.64. The summed E-state index contributed by atoms with van der Waals surface area (Å²) >= 11 is 0. The van der Waals surface area contributed by atoms with Crippen molar-refractivity contribution in [2.45, 2.75) is 0 Å². The molecule has 0 saturated carbocycles. The van der Waals surface area contributed by atoms with Gasteiger partial charge >= 0.3 is 0 Å². The number of methoxy groups -OCH3 is 1. The van der Waals surface area contributed by atoms with Gasteiger partial charge in [0.2, 0.25) is 0 Å². The molecule has 0 amide bonds. The maximum Gasteiger partial charge on any atom is 0.0976 e. The standard InChI is InChI=1S/C5H14N2O2/c1-8-2-3-9-5-7-4-6/h7H,2-6H2,1H3. The highest BCUT2D eigenvalue weighted by atomic mass is 16.5. The van der Waals surface area contributed by atoms with E-state index in [1.807, 2.05) is 0 Å². The van der Waals surface area contributed by atoms with Crippen molar-refractivity contribution in [3.8, 4) is 0 Å². The van der Waals surface area contributed by atoms with Gasteiger partial charge in [0.05, 0.1) is 19.9 Å². The third kappa shape index (κ3) is 7.84. The van der Waals surface area contributed by atoms with E-state index in [4.69, 9.17) is 15.2 Å². The van der Waals surface area contributed by atoms with Crippen LogP contribution in [0.3, 0.4) is 0 Å². The highest BCUT2D eigenvalue weighted by Gasteiger charge is 1.82. The molecule has 9 heavy (non-hydrogen) atoms. The molecule has 0 saturated heterocycles. The molecule has 0 spiro atoms. The van der Waals surface area contributed by atoms with Gasteiger partial charge in [-0.2, -0.15) is 0 Å². The highest BCUT2D eigenvalue weighted by Crippen LogP contribution is 1.70. The van der Waals surface area contributed by atoms with E-state index in [-0.39, 0.29) is 0 Å². The van der Waals surface area contributed by atoms with Crippen molar-refractivity contribution in [2.24, 2.45) is 5.73 Å². The van der Waals surface area contributed by atoms with Crippen LogP contribution in [0.15, 0.2) is 0 Å². The summed E-state index contributed by atoms with van der Waals surface area (Å²) in [6, 6.07) is 0. The Balaban J connectivity index is 2.60. The fourth-order valence-electron chi connectivity index (χ4n) is 0.346. The minimum absolute atomic E-state index is 0.451. The van der Waals surface area contributed by atoms with E-state index in [9.17, 15) is 0 Å². The zero-order chi connectivity index (χ0) is 6.95. The molecule has 0 rings (SSSR count). The fourth-order valence-corrected chi connectivity index (χ4v) is 0.346. The van der Waals surface area contributed by atoms with Crippen LogP contribution in [0, 0.1) is 0 Å². The fraction of sp³-hybridized carbons (Fsp3) is 1.00. The van der Waals surface area contributed by atoms with Crippen LogP contribution in [-0.2, 0) is 9.47 Å². The second kappa shape index (κ2) is 7.84. The molecule has 0 aromatic carbocycles. The smallest absolute Gasteiger partial charge is 0.0976 e. The Morgan fingerprint density at radius 1 is 1.44 bits per heavy atom. The molecule has 0 aromatic rings. The first-order chi connectivity index (χ1) is 4.41. The highest BCUT2D eigenvalue weighted by molar-refractivity contribution is 4.28. The number of nitrogens with two attached hydrogens (primary N) is 1. The Morgan fingerprint density at radius 2 is 2.22 bits per heavy atom. The summed E-state index contributed by atoms with van der Waals surface area (Å²) in [5.74, 6) is 0. The van der Waals surface area contributed by atoms with E-state index in [1.165, 1.54) is 0 Å². The topological polar surface area (TPSA) is 56.5 Å². The molecule has 0 radical (unpaired) electrons. The minimum Gasteiger partial charge on any atom is -0.382 e. The average molecular weight is 134 g/mol. The van der Waals surface area contributed by atoms with Gasteiger partial charge in [-0.15, -0.1) is 0 Å². The van der Waals surface area contributed by atoms with Gasteiger partial charge in [-0.3, -0.25) is 5.32 Å². The van der Waals surface area contributed by atoms with Crippen molar-refractivity contribution in [3.05, 3.63) is 0 Å². The Labute approximate surface area is 55.3 Å². The van der Waals surface area contributed by atoms with E-state index in [0.717, 1.165) is 0 Å². The normalized spacial score (nSPS) is 10.0.